The Kier molecular flexibility index (Phi) is 5.61. The van der Waals surface area contributed by atoms with Crippen molar-refractivity contribution in [3.8, 4) is 0 Å². The van der Waals surface area contributed by atoms with E-state index >= 15 is 0 Å². The topological polar surface area (TPSA) is 42.2 Å². The maximum atomic E-state index is 11.7. The molecule has 1 heterocycles. The second kappa shape index (κ2) is 7.67. The van der Waals surface area contributed by atoms with Gasteiger partial charge in [0.1, 0.15) is 5.76 Å². The number of aryl methyl sites for hydroxylation is 1. The fourth-order valence-corrected chi connectivity index (χ4v) is 2.20. The van der Waals surface area contributed by atoms with Gasteiger partial charge >= 0.3 is 0 Å². The Hall–Kier alpha value is -2.03. The van der Waals surface area contributed by atoms with Gasteiger partial charge in [-0.25, -0.2) is 0 Å². The minimum atomic E-state index is 0.0743. The standard InChI is InChI=1S/C18H23NO2/c1-14(2)16-7-5-15(6-8-16)11-12-19-18(20)10-9-17-4-3-13-21-17/h3-8,13-14H,9-12H2,1-2H3,(H,19,20). The molecule has 1 aromatic carbocycles. The molecule has 1 amide bonds. The zero-order chi connectivity index (χ0) is 15.1. The normalized spacial score (nSPS) is 10.8. The fraction of sp³-hybridized carbons (Fsp3) is 0.389. The monoisotopic (exact) mass is 285 g/mol. The van der Waals surface area contributed by atoms with Crippen LogP contribution in [0, 0.1) is 0 Å². The number of rotatable bonds is 7. The van der Waals surface area contributed by atoms with Gasteiger partial charge in [0.15, 0.2) is 0 Å². The van der Waals surface area contributed by atoms with Crippen molar-refractivity contribution in [2.45, 2.75) is 39.0 Å². The minimum Gasteiger partial charge on any atom is -0.469 e. The average Bonchev–Trinajstić information content (AvgIpc) is 2.99. The molecule has 0 aliphatic carbocycles. The van der Waals surface area contributed by atoms with Gasteiger partial charge in [0.2, 0.25) is 5.91 Å². The highest BCUT2D eigenvalue weighted by Crippen LogP contribution is 2.14. The van der Waals surface area contributed by atoms with Gasteiger partial charge in [-0.3, -0.25) is 4.79 Å². The number of benzene rings is 1. The van der Waals surface area contributed by atoms with Crippen LogP contribution in [0.4, 0.5) is 0 Å². The Bertz CT molecular complexity index is 541. The predicted octanol–water partition coefficient (Wildman–Crippen LogP) is 3.69. The van der Waals surface area contributed by atoms with Gasteiger partial charge in [-0.05, 0) is 35.6 Å². The zero-order valence-electron chi connectivity index (χ0n) is 12.8. The number of carbonyl (C=O) groups excluding carboxylic acids is 1. The third-order valence-electron chi connectivity index (χ3n) is 3.56. The molecule has 0 radical (unpaired) electrons. The van der Waals surface area contributed by atoms with E-state index in [0.29, 0.717) is 25.3 Å². The van der Waals surface area contributed by atoms with E-state index in [1.165, 1.54) is 11.1 Å². The molecule has 3 nitrogen and oxygen atoms in total. The van der Waals surface area contributed by atoms with Crippen LogP contribution >= 0.6 is 0 Å². The van der Waals surface area contributed by atoms with Crippen molar-refractivity contribution in [2.24, 2.45) is 0 Å². The number of carbonyl (C=O) groups is 1. The smallest absolute Gasteiger partial charge is 0.220 e. The van der Waals surface area contributed by atoms with E-state index in [2.05, 4.69) is 43.4 Å². The van der Waals surface area contributed by atoms with Gasteiger partial charge in [-0.2, -0.15) is 0 Å². The molecule has 0 bridgehead atoms. The van der Waals surface area contributed by atoms with Crippen molar-refractivity contribution < 1.29 is 9.21 Å². The third-order valence-corrected chi connectivity index (χ3v) is 3.56. The molecule has 0 atom stereocenters. The lowest BCUT2D eigenvalue weighted by Crippen LogP contribution is -2.25. The van der Waals surface area contributed by atoms with Crippen LogP contribution in [0.3, 0.4) is 0 Å². The van der Waals surface area contributed by atoms with Crippen molar-refractivity contribution in [3.63, 3.8) is 0 Å². The Morgan fingerprint density at radius 3 is 2.52 bits per heavy atom. The van der Waals surface area contributed by atoms with Gasteiger partial charge in [-0.15, -0.1) is 0 Å². The number of furan rings is 1. The molecule has 1 aromatic heterocycles. The first-order valence-corrected chi connectivity index (χ1v) is 7.53. The summed E-state index contributed by atoms with van der Waals surface area (Å²) in [5.74, 6) is 1.49. The van der Waals surface area contributed by atoms with Crippen molar-refractivity contribution in [3.05, 3.63) is 59.5 Å². The highest BCUT2D eigenvalue weighted by Gasteiger charge is 2.04. The molecule has 1 N–H and O–H groups in total. The van der Waals surface area contributed by atoms with E-state index in [1.54, 1.807) is 6.26 Å². The van der Waals surface area contributed by atoms with Crippen LogP contribution in [-0.2, 0) is 17.6 Å². The third kappa shape index (κ3) is 5.10. The van der Waals surface area contributed by atoms with Crippen LogP contribution in [0.1, 0.15) is 43.1 Å². The SMILES string of the molecule is CC(C)c1ccc(CCNC(=O)CCc2ccco2)cc1. The highest BCUT2D eigenvalue weighted by molar-refractivity contribution is 5.76. The van der Waals surface area contributed by atoms with Gasteiger partial charge < -0.3 is 9.73 Å². The molecule has 21 heavy (non-hydrogen) atoms. The predicted molar refractivity (Wildman–Crippen MR) is 84.3 cm³/mol. The number of hydrogen-bond acceptors (Lipinski definition) is 2. The van der Waals surface area contributed by atoms with Crippen molar-refractivity contribution in [1.29, 1.82) is 0 Å². The molecule has 3 heteroatoms. The quantitative estimate of drug-likeness (QED) is 0.843. The van der Waals surface area contributed by atoms with Crippen LogP contribution in [0.15, 0.2) is 47.1 Å². The molecule has 0 unspecified atom stereocenters. The van der Waals surface area contributed by atoms with Crippen LogP contribution in [0.2, 0.25) is 0 Å². The lowest BCUT2D eigenvalue weighted by molar-refractivity contribution is -0.121. The van der Waals surface area contributed by atoms with Gasteiger partial charge in [0.25, 0.3) is 0 Å². The van der Waals surface area contributed by atoms with Crippen LogP contribution in [0.25, 0.3) is 0 Å². The molecule has 2 aromatic rings. The summed E-state index contributed by atoms with van der Waals surface area (Å²) in [6.45, 7) is 5.06. The molecular formula is C18H23NO2. The van der Waals surface area contributed by atoms with Crippen molar-refractivity contribution in [2.75, 3.05) is 6.54 Å². The second-order valence-corrected chi connectivity index (χ2v) is 5.58. The first kappa shape index (κ1) is 15.4. The summed E-state index contributed by atoms with van der Waals surface area (Å²) in [7, 11) is 0. The molecule has 0 aliphatic heterocycles. The summed E-state index contributed by atoms with van der Waals surface area (Å²) in [6.07, 6.45) is 3.63. The van der Waals surface area contributed by atoms with E-state index < -0.39 is 0 Å². The summed E-state index contributed by atoms with van der Waals surface area (Å²) in [6, 6.07) is 12.4. The summed E-state index contributed by atoms with van der Waals surface area (Å²) < 4.78 is 5.21. The fourth-order valence-electron chi connectivity index (χ4n) is 2.20. The zero-order valence-corrected chi connectivity index (χ0v) is 12.8. The Balaban J connectivity index is 1.67. The Labute approximate surface area is 126 Å². The Morgan fingerprint density at radius 1 is 1.14 bits per heavy atom. The lowest BCUT2D eigenvalue weighted by Gasteiger charge is -2.08. The lowest BCUT2D eigenvalue weighted by atomic mass is 10.0. The molecular weight excluding hydrogens is 262 g/mol. The minimum absolute atomic E-state index is 0.0743. The van der Waals surface area contributed by atoms with Crippen LogP contribution < -0.4 is 5.32 Å². The van der Waals surface area contributed by atoms with Gasteiger partial charge in [0, 0.05) is 19.4 Å². The van der Waals surface area contributed by atoms with Gasteiger partial charge in [-0.1, -0.05) is 38.1 Å². The van der Waals surface area contributed by atoms with E-state index in [4.69, 9.17) is 4.42 Å². The molecule has 0 saturated carbocycles. The molecule has 0 saturated heterocycles. The molecule has 0 aliphatic rings. The number of hydrogen-bond donors (Lipinski definition) is 1. The van der Waals surface area contributed by atoms with E-state index in [1.807, 2.05) is 12.1 Å². The van der Waals surface area contributed by atoms with Crippen molar-refractivity contribution in [1.82, 2.24) is 5.32 Å². The van der Waals surface area contributed by atoms with E-state index in [0.717, 1.165) is 12.2 Å². The largest absolute Gasteiger partial charge is 0.469 e. The van der Waals surface area contributed by atoms with Crippen LogP contribution in [0.5, 0.6) is 0 Å². The van der Waals surface area contributed by atoms with Crippen LogP contribution in [-0.4, -0.2) is 12.5 Å². The summed E-state index contributed by atoms with van der Waals surface area (Å²) in [5.41, 5.74) is 2.60. The highest BCUT2D eigenvalue weighted by atomic mass is 16.3. The first-order valence-electron chi connectivity index (χ1n) is 7.53. The average molecular weight is 285 g/mol. The maximum Gasteiger partial charge on any atom is 0.220 e. The van der Waals surface area contributed by atoms with Gasteiger partial charge in [0.05, 0.1) is 6.26 Å². The first-order chi connectivity index (χ1) is 10.1. The molecule has 112 valence electrons. The summed E-state index contributed by atoms with van der Waals surface area (Å²) in [5, 5.41) is 2.95. The summed E-state index contributed by atoms with van der Waals surface area (Å²) >= 11 is 0. The molecule has 0 spiro atoms. The second-order valence-electron chi connectivity index (χ2n) is 5.58. The van der Waals surface area contributed by atoms with E-state index in [9.17, 15) is 4.79 Å². The summed E-state index contributed by atoms with van der Waals surface area (Å²) in [4.78, 5) is 11.7. The number of amides is 1. The van der Waals surface area contributed by atoms with Crippen molar-refractivity contribution >= 4 is 5.91 Å². The maximum absolute atomic E-state index is 11.7. The number of nitrogens with one attached hydrogen (secondary N) is 1. The molecule has 0 fully saturated rings. The Morgan fingerprint density at radius 2 is 1.90 bits per heavy atom. The van der Waals surface area contributed by atoms with E-state index in [-0.39, 0.29) is 5.91 Å². The molecule has 2 rings (SSSR count).